The molecule has 3 rings (SSSR count). The molecule has 1 aromatic carbocycles. The van der Waals surface area contributed by atoms with E-state index in [0.717, 1.165) is 36.3 Å². The van der Waals surface area contributed by atoms with Crippen molar-refractivity contribution in [3.63, 3.8) is 0 Å². The topological polar surface area (TPSA) is 67.8 Å². The largest absolute Gasteiger partial charge is 0.497 e. The first-order chi connectivity index (χ1) is 13.3. The fourth-order valence-corrected chi connectivity index (χ4v) is 2.52. The van der Waals surface area contributed by atoms with Crippen LogP contribution in [0.25, 0.3) is 0 Å². The highest BCUT2D eigenvalue weighted by Crippen LogP contribution is 2.29. The SMILES string of the molecule is CCNC(=NCc1ccc(OCC2CC2)nc1)NCc1ccc(OC)cc1.I. The molecular formula is C21H29IN4O2. The molecule has 1 aliphatic carbocycles. The van der Waals surface area contributed by atoms with E-state index in [1.807, 2.05) is 42.6 Å². The number of methoxy groups -OCH3 is 1. The molecular weight excluding hydrogens is 467 g/mol. The zero-order chi connectivity index (χ0) is 18.9. The summed E-state index contributed by atoms with van der Waals surface area (Å²) in [4.78, 5) is 9.00. The summed E-state index contributed by atoms with van der Waals surface area (Å²) in [5.41, 5.74) is 2.22. The number of aromatic nitrogens is 1. The average Bonchev–Trinajstić information content (AvgIpc) is 3.54. The van der Waals surface area contributed by atoms with Crippen molar-refractivity contribution in [2.45, 2.75) is 32.9 Å². The van der Waals surface area contributed by atoms with E-state index < -0.39 is 0 Å². The molecule has 152 valence electrons. The molecule has 1 fully saturated rings. The average molecular weight is 496 g/mol. The molecule has 2 N–H and O–H groups in total. The van der Waals surface area contributed by atoms with Gasteiger partial charge in [0.2, 0.25) is 5.88 Å². The van der Waals surface area contributed by atoms with Gasteiger partial charge < -0.3 is 20.1 Å². The molecule has 2 aromatic rings. The Kier molecular flexibility index (Phi) is 9.33. The number of aliphatic imine (C=N–C) groups is 1. The van der Waals surface area contributed by atoms with Gasteiger partial charge >= 0.3 is 0 Å². The van der Waals surface area contributed by atoms with Gasteiger partial charge in [0.15, 0.2) is 5.96 Å². The molecule has 0 spiro atoms. The first-order valence-corrected chi connectivity index (χ1v) is 9.49. The third-order valence-electron chi connectivity index (χ3n) is 4.34. The molecule has 0 aliphatic heterocycles. The standard InChI is InChI=1S/C21H28N4O2.HI/c1-3-22-21(24-12-16-6-9-19(26-2)10-7-16)25-14-18-8-11-20(23-13-18)27-15-17-4-5-17;/h6-11,13,17H,3-5,12,14-15H2,1-2H3,(H2,22,24,25);1H. The van der Waals surface area contributed by atoms with Crippen molar-refractivity contribution in [2.75, 3.05) is 20.3 Å². The van der Waals surface area contributed by atoms with Gasteiger partial charge in [-0.15, -0.1) is 24.0 Å². The molecule has 28 heavy (non-hydrogen) atoms. The molecule has 0 unspecified atom stereocenters. The van der Waals surface area contributed by atoms with Crippen molar-refractivity contribution in [1.82, 2.24) is 15.6 Å². The lowest BCUT2D eigenvalue weighted by molar-refractivity contribution is 0.288. The fourth-order valence-electron chi connectivity index (χ4n) is 2.52. The number of benzene rings is 1. The third kappa shape index (κ3) is 7.53. The predicted molar refractivity (Wildman–Crippen MR) is 123 cm³/mol. The first-order valence-electron chi connectivity index (χ1n) is 9.49. The second kappa shape index (κ2) is 11.7. The van der Waals surface area contributed by atoms with Crippen molar-refractivity contribution >= 4 is 29.9 Å². The monoisotopic (exact) mass is 496 g/mol. The highest BCUT2D eigenvalue weighted by Gasteiger charge is 2.21. The number of nitrogens with one attached hydrogen (secondary N) is 2. The minimum Gasteiger partial charge on any atom is -0.497 e. The number of halogens is 1. The van der Waals surface area contributed by atoms with Gasteiger partial charge in [-0.05, 0) is 48.9 Å². The Morgan fingerprint density at radius 1 is 1.11 bits per heavy atom. The van der Waals surface area contributed by atoms with E-state index in [0.29, 0.717) is 19.0 Å². The number of pyridine rings is 1. The summed E-state index contributed by atoms with van der Waals surface area (Å²) in [5, 5.41) is 6.61. The molecule has 1 saturated carbocycles. The fraction of sp³-hybridized carbons (Fsp3) is 0.429. The van der Waals surface area contributed by atoms with Gasteiger partial charge in [0.1, 0.15) is 5.75 Å². The van der Waals surface area contributed by atoms with Crippen LogP contribution in [0.2, 0.25) is 0 Å². The van der Waals surface area contributed by atoms with E-state index in [2.05, 4.69) is 27.5 Å². The van der Waals surface area contributed by atoms with Crippen molar-refractivity contribution in [1.29, 1.82) is 0 Å². The van der Waals surface area contributed by atoms with Gasteiger partial charge in [0.25, 0.3) is 0 Å². The Hall–Kier alpha value is -2.03. The third-order valence-corrected chi connectivity index (χ3v) is 4.34. The lowest BCUT2D eigenvalue weighted by Crippen LogP contribution is -2.36. The Labute approximate surface area is 184 Å². The quantitative estimate of drug-likeness (QED) is 0.315. The van der Waals surface area contributed by atoms with Crippen molar-refractivity contribution in [2.24, 2.45) is 10.9 Å². The summed E-state index contributed by atoms with van der Waals surface area (Å²) in [6.45, 7) is 4.90. The van der Waals surface area contributed by atoms with E-state index in [1.165, 1.54) is 18.4 Å². The Morgan fingerprint density at radius 3 is 2.46 bits per heavy atom. The zero-order valence-corrected chi connectivity index (χ0v) is 18.8. The lowest BCUT2D eigenvalue weighted by atomic mass is 10.2. The van der Waals surface area contributed by atoms with Crippen LogP contribution < -0.4 is 20.1 Å². The molecule has 1 aliphatic rings. The van der Waals surface area contributed by atoms with Crippen molar-refractivity contribution < 1.29 is 9.47 Å². The van der Waals surface area contributed by atoms with Crippen LogP contribution in [-0.4, -0.2) is 31.2 Å². The molecule has 1 heterocycles. The van der Waals surface area contributed by atoms with E-state index in [1.54, 1.807) is 7.11 Å². The van der Waals surface area contributed by atoms with Crippen LogP contribution in [0.3, 0.4) is 0 Å². The summed E-state index contributed by atoms with van der Waals surface area (Å²) in [6.07, 6.45) is 4.39. The number of hydrogen-bond donors (Lipinski definition) is 2. The van der Waals surface area contributed by atoms with Crippen molar-refractivity contribution in [3.05, 3.63) is 53.7 Å². The number of rotatable bonds is 9. The molecule has 1 aromatic heterocycles. The summed E-state index contributed by atoms with van der Waals surface area (Å²) < 4.78 is 10.9. The predicted octanol–water partition coefficient (Wildman–Crippen LogP) is 3.75. The Morgan fingerprint density at radius 2 is 1.86 bits per heavy atom. The van der Waals surface area contributed by atoms with E-state index >= 15 is 0 Å². The number of hydrogen-bond acceptors (Lipinski definition) is 4. The van der Waals surface area contributed by atoms with Gasteiger partial charge in [-0.1, -0.05) is 18.2 Å². The lowest BCUT2D eigenvalue weighted by Gasteiger charge is -2.12. The number of guanidine groups is 1. The molecule has 0 bridgehead atoms. The smallest absolute Gasteiger partial charge is 0.213 e. The van der Waals surface area contributed by atoms with Gasteiger partial charge in [-0.3, -0.25) is 0 Å². The molecule has 6 nitrogen and oxygen atoms in total. The van der Waals surface area contributed by atoms with E-state index in [4.69, 9.17) is 9.47 Å². The number of nitrogens with zero attached hydrogens (tertiary/aromatic N) is 2. The minimum atomic E-state index is 0. The van der Waals surface area contributed by atoms with E-state index in [-0.39, 0.29) is 24.0 Å². The maximum atomic E-state index is 5.67. The van der Waals surface area contributed by atoms with Crippen LogP contribution >= 0.6 is 24.0 Å². The van der Waals surface area contributed by atoms with Crippen LogP contribution in [0, 0.1) is 5.92 Å². The van der Waals surface area contributed by atoms with Gasteiger partial charge in [0, 0.05) is 25.4 Å². The van der Waals surface area contributed by atoms with Gasteiger partial charge in [-0.25, -0.2) is 9.98 Å². The van der Waals surface area contributed by atoms with Gasteiger partial charge in [0.05, 0.1) is 20.3 Å². The first kappa shape index (κ1) is 22.3. The molecule has 0 atom stereocenters. The van der Waals surface area contributed by atoms with Crippen LogP contribution in [0.4, 0.5) is 0 Å². The summed E-state index contributed by atoms with van der Waals surface area (Å²) in [7, 11) is 1.67. The second-order valence-electron chi connectivity index (χ2n) is 6.66. The zero-order valence-electron chi connectivity index (χ0n) is 16.5. The molecule has 0 radical (unpaired) electrons. The maximum absolute atomic E-state index is 5.67. The Balaban J connectivity index is 0.00000280. The normalized spacial score (nSPS) is 13.4. The van der Waals surface area contributed by atoms with Crippen molar-refractivity contribution in [3.8, 4) is 11.6 Å². The summed E-state index contributed by atoms with van der Waals surface area (Å²) in [5.74, 6) is 3.06. The molecule has 0 saturated heterocycles. The molecule has 0 amide bonds. The highest BCUT2D eigenvalue weighted by molar-refractivity contribution is 14.0. The molecule has 7 heteroatoms. The van der Waals surface area contributed by atoms with Crippen LogP contribution in [0.15, 0.2) is 47.6 Å². The van der Waals surface area contributed by atoms with Gasteiger partial charge in [-0.2, -0.15) is 0 Å². The Bertz CT molecular complexity index is 731. The maximum Gasteiger partial charge on any atom is 0.213 e. The minimum absolute atomic E-state index is 0. The van der Waals surface area contributed by atoms with Crippen LogP contribution in [0.5, 0.6) is 11.6 Å². The highest BCUT2D eigenvalue weighted by atomic mass is 127. The van der Waals surface area contributed by atoms with Crippen LogP contribution in [-0.2, 0) is 13.1 Å². The summed E-state index contributed by atoms with van der Waals surface area (Å²) in [6, 6.07) is 11.9. The van der Waals surface area contributed by atoms with Crippen LogP contribution in [0.1, 0.15) is 30.9 Å². The summed E-state index contributed by atoms with van der Waals surface area (Å²) >= 11 is 0. The van der Waals surface area contributed by atoms with E-state index in [9.17, 15) is 0 Å². The number of ether oxygens (including phenoxy) is 2. The second-order valence-corrected chi connectivity index (χ2v) is 6.66.